The lowest BCUT2D eigenvalue weighted by Gasteiger charge is -2.17. The van der Waals surface area contributed by atoms with Gasteiger partial charge in [-0.25, -0.2) is 0 Å². The molecule has 1 aromatic carbocycles. The maximum absolute atomic E-state index is 5.69. The van der Waals surface area contributed by atoms with Gasteiger partial charge in [0.25, 0.3) is 0 Å². The summed E-state index contributed by atoms with van der Waals surface area (Å²) in [6, 6.07) is 9.57. The summed E-state index contributed by atoms with van der Waals surface area (Å²) in [4.78, 5) is 0. The summed E-state index contributed by atoms with van der Waals surface area (Å²) in [5.41, 5.74) is 2.80. The van der Waals surface area contributed by atoms with E-state index in [1.807, 2.05) is 0 Å². The zero-order valence-corrected chi connectivity index (χ0v) is 13.0. The van der Waals surface area contributed by atoms with Gasteiger partial charge in [0.1, 0.15) is 0 Å². The summed E-state index contributed by atoms with van der Waals surface area (Å²) in [6.07, 6.45) is 9.26. The van der Waals surface area contributed by atoms with Crippen molar-refractivity contribution in [1.82, 2.24) is 5.32 Å². The van der Waals surface area contributed by atoms with E-state index in [-0.39, 0.29) is 0 Å². The predicted octanol–water partition coefficient (Wildman–Crippen LogP) is 3.86. The zero-order valence-electron chi connectivity index (χ0n) is 13.0. The maximum Gasteiger partial charge on any atom is 0.0576 e. The average Bonchev–Trinajstić information content (AvgIpc) is 2.97. The second-order valence-electron chi connectivity index (χ2n) is 6.08. The van der Waals surface area contributed by atoms with Crippen molar-refractivity contribution < 1.29 is 4.74 Å². The monoisotopic (exact) mass is 275 g/mol. The fraction of sp³-hybridized carbons (Fsp3) is 0.667. The van der Waals surface area contributed by atoms with Crippen molar-refractivity contribution in [2.24, 2.45) is 0 Å². The zero-order chi connectivity index (χ0) is 14.2. The van der Waals surface area contributed by atoms with E-state index >= 15 is 0 Å². The van der Waals surface area contributed by atoms with Crippen molar-refractivity contribution in [2.75, 3.05) is 13.7 Å². The lowest BCUT2D eigenvalue weighted by Crippen LogP contribution is -2.26. The lowest BCUT2D eigenvalue weighted by atomic mass is 9.99. The average molecular weight is 275 g/mol. The van der Waals surface area contributed by atoms with Crippen LogP contribution in [0.25, 0.3) is 0 Å². The Morgan fingerprint density at radius 1 is 1.25 bits per heavy atom. The molecule has 2 atom stereocenters. The van der Waals surface area contributed by atoms with E-state index < -0.39 is 0 Å². The molecule has 0 saturated carbocycles. The molecule has 20 heavy (non-hydrogen) atoms. The highest BCUT2D eigenvalue weighted by molar-refractivity contribution is 5.21. The minimum atomic E-state index is 0.546. The van der Waals surface area contributed by atoms with Gasteiger partial charge >= 0.3 is 0 Å². The lowest BCUT2D eigenvalue weighted by molar-refractivity contribution is 0.101. The van der Waals surface area contributed by atoms with Gasteiger partial charge in [0.15, 0.2) is 0 Å². The second kappa shape index (κ2) is 8.43. The SMILES string of the molecule is CNC(CCCC1CCCO1)CCc1ccc(C)cc1. The number of ether oxygens (including phenoxy) is 1. The minimum absolute atomic E-state index is 0.546. The molecule has 2 heteroatoms. The van der Waals surface area contributed by atoms with E-state index in [4.69, 9.17) is 4.74 Å². The van der Waals surface area contributed by atoms with Crippen LogP contribution in [0.3, 0.4) is 0 Å². The molecule has 0 spiro atoms. The Balaban J connectivity index is 1.64. The first-order chi connectivity index (χ1) is 9.78. The second-order valence-corrected chi connectivity index (χ2v) is 6.08. The minimum Gasteiger partial charge on any atom is -0.378 e. The van der Waals surface area contributed by atoms with Crippen LogP contribution in [0.15, 0.2) is 24.3 Å². The molecule has 2 unspecified atom stereocenters. The van der Waals surface area contributed by atoms with Gasteiger partial charge in [0.2, 0.25) is 0 Å². The molecule has 1 aromatic rings. The molecule has 112 valence electrons. The molecule has 1 fully saturated rings. The van der Waals surface area contributed by atoms with Gasteiger partial charge in [0.05, 0.1) is 6.10 Å². The standard InChI is InChI=1S/C18H29NO/c1-15-8-10-16(11-9-15)12-13-17(19-2)5-3-6-18-7-4-14-20-18/h8-11,17-19H,3-7,12-14H2,1-2H3. The van der Waals surface area contributed by atoms with E-state index in [2.05, 4.69) is 43.6 Å². The highest BCUT2D eigenvalue weighted by Crippen LogP contribution is 2.19. The number of nitrogens with one attached hydrogen (secondary N) is 1. The van der Waals surface area contributed by atoms with Gasteiger partial charge in [-0.3, -0.25) is 0 Å². The Morgan fingerprint density at radius 3 is 2.70 bits per heavy atom. The number of hydrogen-bond donors (Lipinski definition) is 1. The molecule has 1 N–H and O–H groups in total. The van der Waals surface area contributed by atoms with Crippen LogP contribution in [0, 0.1) is 6.92 Å². The first kappa shape index (κ1) is 15.5. The molecule has 2 rings (SSSR count). The molecular formula is C18H29NO. The number of benzene rings is 1. The van der Waals surface area contributed by atoms with Crippen LogP contribution in [0.1, 0.15) is 49.7 Å². The number of aryl methyl sites for hydroxylation is 2. The summed E-state index contributed by atoms with van der Waals surface area (Å²) in [5, 5.41) is 3.47. The summed E-state index contributed by atoms with van der Waals surface area (Å²) < 4.78 is 5.69. The quantitative estimate of drug-likeness (QED) is 0.777. The third-order valence-corrected chi connectivity index (χ3v) is 4.41. The largest absolute Gasteiger partial charge is 0.378 e. The Labute approximate surface area is 123 Å². The predicted molar refractivity (Wildman–Crippen MR) is 85.2 cm³/mol. The van der Waals surface area contributed by atoms with Crippen molar-refractivity contribution in [3.05, 3.63) is 35.4 Å². The summed E-state index contributed by atoms with van der Waals surface area (Å²) in [6.45, 7) is 3.12. The Bertz CT molecular complexity index is 368. The molecule has 1 saturated heterocycles. The molecular weight excluding hydrogens is 246 g/mol. The molecule has 1 aliphatic heterocycles. The van der Waals surface area contributed by atoms with Crippen LogP contribution in [-0.2, 0) is 11.2 Å². The Kier molecular flexibility index (Phi) is 6.55. The smallest absolute Gasteiger partial charge is 0.0576 e. The molecule has 0 bridgehead atoms. The summed E-state index contributed by atoms with van der Waals surface area (Å²) in [5.74, 6) is 0. The third-order valence-electron chi connectivity index (χ3n) is 4.41. The van der Waals surface area contributed by atoms with E-state index in [1.54, 1.807) is 0 Å². The molecule has 0 radical (unpaired) electrons. The molecule has 1 aliphatic rings. The molecule has 0 amide bonds. The van der Waals surface area contributed by atoms with E-state index in [0.29, 0.717) is 12.1 Å². The van der Waals surface area contributed by atoms with Crippen molar-refractivity contribution in [2.45, 2.75) is 64.0 Å². The fourth-order valence-electron chi connectivity index (χ4n) is 2.99. The highest BCUT2D eigenvalue weighted by atomic mass is 16.5. The van der Waals surface area contributed by atoms with Gasteiger partial charge in [-0.15, -0.1) is 0 Å². The normalized spacial score (nSPS) is 20.2. The van der Waals surface area contributed by atoms with Gasteiger partial charge in [-0.2, -0.15) is 0 Å². The molecule has 0 aliphatic carbocycles. The highest BCUT2D eigenvalue weighted by Gasteiger charge is 2.15. The number of hydrogen-bond acceptors (Lipinski definition) is 2. The van der Waals surface area contributed by atoms with E-state index in [9.17, 15) is 0 Å². The van der Waals surface area contributed by atoms with Crippen LogP contribution in [0.2, 0.25) is 0 Å². The van der Waals surface area contributed by atoms with Gasteiger partial charge in [-0.05, 0) is 64.5 Å². The Morgan fingerprint density at radius 2 is 2.05 bits per heavy atom. The van der Waals surface area contributed by atoms with Gasteiger partial charge in [-0.1, -0.05) is 29.8 Å². The third kappa shape index (κ3) is 5.26. The first-order valence-corrected chi connectivity index (χ1v) is 8.12. The molecule has 0 aromatic heterocycles. The van der Waals surface area contributed by atoms with Crippen LogP contribution in [0.4, 0.5) is 0 Å². The molecule has 1 heterocycles. The van der Waals surface area contributed by atoms with Gasteiger partial charge < -0.3 is 10.1 Å². The van der Waals surface area contributed by atoms with E-state index in [0.717, 1.165) is 6.61 Å². The fourth-order valence-corrected chi connectivity index (χ4v) is 2.99. The molecule has 2 nitrogen and oxygen atoms in total. The van der Waals surface area contributed by atoms with Crippen LogP contribution >= 0.6 is 0 Å². The maximum atomic E-state index is 5.69. The topological polar surface area (TPSA) is 21.3 Å². The van der Waals surface area contributed by atoms with Gasteiger partial charge in [0, 0.05) is 12.6 Å². The Hall–Kier alpha value is -0.860. The van der Waals surface area contributed by atoms with Crippen molar-refractivity contribution in [1.29, 1.82) is 0 Å². The first-order valence-electron chi connectivity index (χ1n) is 8.12. The summed E-state index contributed by atoms with van der Waals surface area (Å²) in [7, 11) is 2.09. The van der Waals surface area contributed by atoms with Crippen LogP contribution < -0.4 is 5.32 Å². The van der Waals surface area contributed by atoms with Crippen LogP contribution in [0.5, 0.6) is 0 Å². The summed E-state index contributed by atoms with van der Waals surface area (Å²) >= 11 is 0. The number of rotatable bonds is 8. The van der Waals surface area contributed by atoms with Crippen molar-refractivity contribution >= 4 is 0 Å². The van der Waals surface area contributed by atoms with E-state index in [1.165, 1.54) is 56.1 Å². The van der Waals surface area contributed by atoms with Crippen molar-refractivity contribution in [3.63, 3.8) is 0 Å². The van der Waals surface area contributed by atoms with Crippen LogP contribution in [-0.4, -0.2) is 25.8 Å². The van der Waals surface area contributed by atoms with Crippen molar-refractivity contribution in [3.8, 4) is 0 Å².